The Morgan fingerprint density at radius 3 is 2.12 bits per heavy atom. The van der Waals surface area contributed by atoms with E-state index in [4.69, 9.17) is 9.31 Å². The molecule has 128 valence electrons. The van der Waals surface area contributed by atoms with E-state index in [1.165, 1.54) is 16.5 Å². The second-order valence-corrected chi connectivity index (χ2v) is 7.80. The summed E-state index contributed by atoms with van der Waals surface area (Å²) >= 11 is 0. The van der Waals surface area contributed by atoms with Crippen LogP contribution in [0.5, 0.6) is 0 Å². The highest BCUT2D eigenvalue weighted by atomic mass is 16.7. The zero-order valence-corrected chi connectivity index (χ0v) is 15.3. The highest BCUT2D eigenvalue weighted by Gasteiger charge is 2.52. The first-order valence-electron chi connectivity index (χ1n) is 8.85. The molecule has 4 rings (SSSR count). The molecule has 0 unspecified atom stereocenters. The Bertz CT molecular complexity index is 883. The molecule has 1 fully saturated rings. The van der Waals surface area contributed by atoms with Gasteiger partial charge in [0.15, 0.2) is 0 Å². The lowest BCUT2D eigenvalue weighted by molar-refractivity contribution is 0.00578. The number of rotatable bonds is 3. The number of hydrogen-bond donors (Lipinski definition) is 0. The summed E-state index contributed by atoms with van der Waals surface area (Å²) in [5.41, 5.74) is 2.92. The third-order valence-corrected chi connectivity index (χ3v) is 5.52. The topological polar surface area (TPSA) is 23.4 Å². The third kappa shape index (κ3) is 2.80. The lowest BCUT2D eigenvalue weighted by Crippen LogP contribution is -2.41. The molecule has 0 amide bonds. The molecule has 1 saturated heterocycles. The van der Waals surface area contributed by atoms with E-state index in [1.54, 1.807) is 0 Å². The van der Waals surface area contributed by atoms with Gasteiger partial charge in [-0.2, -0.15) is 0 Å². The van der Waals surface area contributed by atoms with E-state index in [2.05, 4.69) is 87.0 Å². The van der Waals surface area contributed by atoms with Gasteiger partial charge in [-0.25, -0.2) is 0 Å². The Morgan fingerprint density at radius 2 is 1.44 bits per heavy atom. The van der Waals surface area contributed by atoms with Gasteiger partial charge in [-0.15, -0.1) is 0 Å². The molecule has 0 atom stereocenters. The number of nitrogens with zero attached hydrogens (tertiary/aromatic N) is 1. The minimum Gasteiger partial charge on any atom is -0.399 e. The van der Waals surface area contributed by atoms with Crippen molar-refractivity contribution < 1.29 is 9.31 Å². The second kappa shape index (κ2) is 5.75. The summed E-state index contributed by atoms with van der Waals surface area (Å²) in [7, 11) is -0.341. The minimum atomic E-state index is -0.341. The van der Waals surface area contributed by atoms with Crippen LogP contribution in [0, 0.1) is 0 Å². The Kier molecular flexibility index (Phi) is 3.78. The largest absolute Gasteiger partial charge is 0.497 e. The number of hydrogen-bond acceptors (Lipinski definition) is 2. The Balaban J connectivity index is 1.76. The van der Waals surface area contributed by atoms with Crippen LogP contribution in [0.25, 0.3) is 10.9 Å². The molecule has 0 N–H and O–H groups in total. The predicted molar refractivity (Wildman–Crippen MR) is 103 cm³/mol. The summed E-state index contributed by atoms with van der Waals surface area (Å²) in [6.07, 6.45) is 2.18. The van der Waals surface area contributed by atoms with Crippen LogP contribution in [0.3, 0.4) is 0 Å². The zero-order chi connectivity index (χ0) is 17.7. The molecular weight excluding hydrogens is 309 g/mol. The zero-order valence-electron chi connectivity index (χ0n) is 15.3. The average molecular weight is 333 g/mol. The Hall–Kier alpha value is -2.04. The van der Waals surface area contributed by atoms with E-state index in [-0.39, 0.29) is 18.3 Å². The number of fused-ring (bicyclic) bond motifs is 1. The molecule has 1 aromatic heterocycles. The van der Waals surface area contributed by atoms with Crippen LogP contribution < -0.4 is 5.46 Å². The number of aromatic nitrogens is 1. The molecule has 0 spiro atoms. The maximum Gasteiger partial charge on any atom is 0.497 e. The van der Waals surface area contributed by atoms with Gasteiger partial charge < -0.3 is 13.9 Å². The van der Waals surface area contributed by atoms with E-state index in [0.29, 0.717) is 0 Å². The summed E-state index contributed by atoms with van der Waals surface area (Å²) in [4.78, 5) is 0. The molecule has 3 nitrogen and oxygen atoms in total. The van der Waals surface area contributed by atoms with Gasteiger partial charge in [0.05, 0.1) is 11.2 Å². The fraction of sp³-hybridized carbons (Fsp3) is 0.333. The second-order valence-electron chi connectivity index (χ2n) is 7.80. The van der Waals surface area contributed by atoms with E-state index in [0.717, 1.165) is 12.0 Å². The fourth-order valence-corrected chi connectivity index (χ4v) is 3.34. The summed E-state index contributed by atoms with van der Waals surface area (Å²) in [5.74, 6) is 0. The van der Waals surface area contributed by atoms with Crippen LogP contribution >= 0.6 is 0 Å². The average Bonchev–Trinajstić information content (AvgIpc) is 3.03. The van der Waals surface area contributed by atoms with E-state index < -0.39 is 0 Å². The molecule has 2 heterocycles. The summed E-state index contributed by atoms with van der Waals surface area (Å²) in [6.45, 7) is 9.21. The summed E-state index contributed by atoms with van der Waals surface area (Å²) in [6, 6.07) is 19.0. The third-order valence-electron chi connectivity index (χ3n) is 5.52. The predicted octanol–water partition coefficient (Wildman–Crippen LogP) is 3.99. The molecule has 1 aliphatic heterocycles. The van der Waals surface area contributed by atoms with Crippen molar-refractivity contribution >= 4 is 23.5 Å². The van der Waals surface area contributed by atoms with Gasteiger partial charge in [0.2, 0.25) is 0 Å². The molecule has 25 heavy (non-hydrogen) atoms. The molecular formula is C21H24BNO2. The Labute approximate surface area is 149 Å². The molecule has 0 aliphatic carbocycles. The molecule has 4 heteroatoms. The van der Waals surface area contributed by atoms with Gasteiger partial charge >= 0.3 is 7.12 Å². The molecule has 0 radical (unpaired) electrons. The standard InChI is InChI=1S/C21H24BNO2/c1-20(2)21(3,4)25-22(24-20)18-15-23(14-16-10-6-5-7-11-16)19-13-9-8-12-17(18)19/h5-13,15H,14H2,1-4H3. The van der Waals surface area contributed by atoms with Crippen molar-refractivity contribution in [3.63, 3.8) is 0 Å². The van der Waals surface area contributed by atoms with Gasteiger partial charge in [-0.3, -0.25) is 0 Å². The van der Waals surface area contributed by atoms with Gasteiger partial charge in [-0.1, -0.05) is 48.5 Å². The van der Waals surface area contributed by atoms with Crippen molar-refractivity contribution in [3.05, 3.63) is 66.4 Å². The van der Waals surface area contributed by atoms with E-state index in [9.17, 15) is 0 Å². The maximum absolute atomic E-state index is 6.29. The van der Waals surface area contributed by atoms with Crippen LogP contribution in [-0.2, 0) is 15.9 Å². The highest BCUT2D eigenvalue weighted by molar-refractivity contribution is 6.65. The normalized spacial score (nSPS) is 18.8. The molecule has 0 saturated carbocycles. The van der Waals surface area contributed by atoms with Crippen molar-refractivity contribution in [2.75, 3.05) is 0 Å². The molecule has 1 aliphatic rings. The van der Waals surface area contributed by atoms with Crippen LogP contribution in [0.4, 0.5) is 0 Å². The van der Waals surface area contributed by atoms with Crippen molar-refractivity contribution in [1.29, 1.82) is 0 Å². The van der Waals surface area contributed by atoms with Crippen LogP contribution in [-0.4, -0.2) is 22.9 Å². The van der Waals surface area contributed by atoms with Gasteiger partial charge in [0.25, 0.3) is 0 Å². The lowest BCUT2D eigenvalue weighted by atomic mass is 9.79. The van der Waals surface area contributed by atoms with Crippen molar-refractivity contribution in [3.8, 4) is 0 Å². The van der Waals surface area contributed by atoms with Crippen LogP contribution in [0.2, 0.25) is 0 Å². The molecule has 2 aromatic carbocycles. The summed E-state index contributed by atoms with van der Waals surface area (Å²) in [5, 5.41) is 1.19. The summed E-state index contributed by atoms with van der Waals surface area (Å²) < 4.78 is 14.9. The number of benzene rings is 2. The fourth-order valence-electron chi connectivity index (χ4n) is 3.34. The Morgan fingerprint density at radius 1 is 0.840 bits per heavy atom. The number of para-hydroxylation sites is 1. The highest BCUT2D eigenvalue weighted by Crippen LogP contribution is 2.37. The SMILES string of the molecule is CC1(C)OB(c2cn(Cc3ccccc3)c3ccccc23)OC1(C)C. The monoisotopic (exact) mass is 333 g/mol. The van der Waals surface area contributed by atoms with Gasteiger partial charge in [-0.05, 0) is 44.7 Å². The van der Waals surface area contributed by atoms with E-state index >= 15 is 0 Å². The lowest BCUT2D eigenvalue weighted by Gasteiger charge is -2.32. The molecule has 0 bridgehead atoms. The molecule has 3 aromatic rings. The van der Waals surface area contributed by atoms with Crippen molar-refractivity contribution in [2.24, 2.45) is 0 Å². The maximum atomic E-state index is 6.29. The van der Waals surface area contributed by atoms with Crippen molar-refractivity contribution in [2.45, 2.75) is 45.4 Å². The van der Waals surface area contributed by atoms with Gasteiger partial charge in [0, 0.05) is 23.7 Å². The van der Waals surface area contributed by atoms with Crippen LogP contribution in [0.15, 0.2) is 60.8 Å². The van der Waals surface area contributed by atoms with E-state index in [1.807, 2.05) is 6.07 Å². The van der Waals surface area contributed by atoms with Crippen LogP contribution in [0.1, 0.15) is 33.3 Å². The van der Waals surface area contributed by atoms with Crippen molar-refractivity contribution in [1.82, 2.24) is 4.57 Å². The minimum absolute atomic E-state index is 0.333. The first-order chi connectivity index (χ1) is 11.9. The van der Waals surface area contributed by atoms with Gasteiger partial charge in [0.1, 0.15) is 0 Å². The quantitative estimate of drug-likeness (QED) is 0.677. The first kappa shape index (κ1) is 16.4. The first-order valence-corrected chi connectivity index (χ1v) is 8.85. The smallest absolute Gasteiger partial charge is 0.399 e.